The summed E-state index contributed by atoms with van der Waals surface area (Å²) in [7, 11) is 0. The Balaban J connectivity index is 2.04. The van der Waals surface area contributed by atoms with E-state index in [4.69, 9.17) is 11.6 Å². The van der Waals surface area contributed by atoms with Crippen molar-refractivity contribution in [1.29, 1.82) is 0 Å². The summed E-state index contributed by atoms with van der Waals surface area (Å²) in [4.78, 5) is 11.7. The third-order valence-corrected chi connectivity index (χ3v) is 3.59. The lowest BCUT2D eigenvalue weighted by atomic mass is 9.95. The molecular formula is C13H12ClF3O. The molecular weight excluding hydrogens is 265 g/mol. The van der Waals surface area contributed by atoms with Crippen molar-refractivity contribution in [3.63, 3.8) is 0 Å². The Morgan fingerprint density at radius 1 is 1.17 bits per heavy atom. The molecule has 18 heavy (non-hydrogen) atoms. The van der Waals surface area contributed by atoms with Crippen LogP contribution in [0, 0.1) is 11.8 Å². The number of hydrogen-bond acceptors (Lipinski definition) is 1. The van der Waals surface area contributed by atoms with Gasteiger partial charge >= 0.3 is 6.18 Å². The van der Waals surface area contributed by atoms with Gasteiger partial charge in [-0.15, -0.1) is 0 Å². The first kappa shape index (κ1) is 13.4. The van der Waals surface area contributed by atoms with Crippen LogP contribution in [0.15, 0.2) is 24.3 Å². The lowest BCUT2D eigenvalue weighted by Crippen LogP contribution is -2.29. The van der Waals surface area contributed by atoms with Crippen LogP contribution in [0.4, 0.5) is 13.2 Å². The molecule has 1 aromatic rings. The molecule has 1 aromatic carbocycles. The molecule has 1 aliphatic carbocycles. The molecule has 1 saturated carbocycles. The minimum atomic E-state index is -4.40. The number of Topliss-reactive ketones (excluding diaryl/α,β-unsaturated/α-hetero) is 1. The average molecular weight is 277 g/mol. The van der Waals surface area contributed by atoms with E-state index in [0.29, 0.717) is 17.9 Å². The Labute approximate surface area is 108 Å². The van der Waals surface area contributed by atoms with Gasteiger partial charge in [-0.1, -0.05) is 23.7 Å². The van der Waals surface area contributed by atoms with E-state index in [1.54, 1.807) is 24.3 Å². The average Bonchev–Trinajstić information content (AvgIpc) is 2.63. The minimum Gasteiger partial charge on any atom is -0.299 e. The van der Waals surface area contributed by atoms with Crippen LogP contribution in [0.1, 0.15) is 18.4 Å². The smallest absolute Gasteiger partial charge is 0.299 e. The molecule has 0 N–H and O–H groups in total. The molecule has 0 spiro atoms. The Hall–Kier alpha value is -1.03. The predicted molar refractivity (Wildman–Crippen MR) is 62.4 cm³/mol. The van der Waals surface area contributed by atoms with Gasteiger partial charge in [-0.05, 0) is 37.0 Å². The number of halogens is 4. The van der Waals surface area contributed by atoms with Gasteiger partial charge in [0.15, 0.2) is 0 Å². The SMILES string of the molecule is O=C1C(Cc2ccc(Cl)cc2)CCC1C(F)(F)F. The first-order chi connectivity index (χ1) is 8.38. The summed E-state index contributed by atoms with van der Waals surface area (Å²) in [6, 6.07) is 6.85. The summed E-state index contributed by atoms with van der Waals surface area (Å²) < 4.78 is 37.6. The highest BCUT2D eigenvalue weighted by Crippen LogP contribution is 2.40. The number of ketones is 1. The lowest BCUT2D eigenvalue weighted by molar-refractivity contribution is -0.178. The van der Waals surface area contributed by atoms with Crippen LogP contribution in [-0.4, -0.2) is 12.0 Å². The summed E-state index contributed by atoms with van der Waals surface area (Å²) in [6.45, 7) is 0. The van der Waals surface area contributed by atoms with Crippen LogP contribution in [0.25, 0.3) is 0 Å². The second kappa shape index (κ2) is 4.92. The summed E-state index contributed by atoms with van der Waals surface area (Å²) in [5.74, 6) is -2.95. The van der Waals surface area contributed by atoms with Crippen molar-refractivity contribution >= 4 is 17.4 Å². The number of benzene rings is 1. The highest BCUT2D eigenvalue weighted by molar-refractivity contribution is 6.30. The van der Waals surface area contributed by atoms with Crippen molar-refractivity contribution in [2.75, 3.05) is 0 Å². The van der Waals surface area contributed by atoms with Crippen LogP contribution in [0.3, 0.4) is 0 Å². The number of rotatable bonds is 2. The molecule has 1 fully saturated rings. The minimum absolute atomic E-state index is 0.0827. The van der Waals surface area contributed by atoms with E-state index >= 15 is 0 Å². The monoisotopic (exact) mass is 276 g/mol. The highest BCUT2D eigenvalue weighted by Gasteiger charge is 2.50. The van der Waals surface area contributed by atoms with Crippen molar-refractivity contribution < 1.29 is 18.0 Å². The fraction of sp³-hybridized carbons (Fsp3) is 0.462. The summed E-state index contributed by atoms with van der Waals surface area (Å²) in [6.07, 6.45) is -3.80. The summed E-state index contributed by atoms with van der Waals surface area (Å²) in [5.41, 5.74) is 0.848. The standard InChI is InChI=1S/C13H12ClF3O/c14-10-4-1-8(2-5-10)7-9-3-6-11(12(9)18)13(15,16)17/h1-2,4-5,9,11H,3,6-7H2. The first-order valence-corrected chi connectivity index (χ1v) is 6.10. The number of alkyl halides is 3. The van der Waals surface area contributed by atoms with Gasteiger partial charge in [0.2, 0.25) is 0 Å². The molecule has 0 amide bonds. The zero-order valence-electron chi connectivity index (χ0n) is 9.51. The maximum Gasteiger partial charge on any atom is 0.398 e. The van der Waals surface area contributed by atoms with Gasteiger partial charge in [-0.2, -0.15) is 13.2 Å². The van der Waals surface area contributed by atoms with Crippen LogP contribution in [0.5, 0.6) is 0 Å². The van der Waals surface area contributed by atoms with Gasteiger partial charge in [-0.3, -0.25) is 4.79 Å². The van der Waals surface area contributed by atoms with Crippen molar-refractivity contribution in [1.82, 2.24) is 0 Å². The Kier molecular flexibility index (Phi) is 3.66. The largest absolute Gasteiger partial charge is 0.398 e. The molecule has 0 heterocycles. The first-order valence-electron chi connectivity index (χ1n) is 5.73. The molecule has 0 radical (unpaired) electrons. The topological polar surface area (TPSA) is 17.1 Å². The third kappa shape index (κ3) is 2.86. The Bertz CT molecular complexity index is 439. The molecule has 1 aliphatic rings. The van der Waals surface area contributed by atoms with E-state index in [1.165, 1.54) is 0 Å². The van der Waals surface area contributed by atoms with Gasteiger partial charge in [-0.25, -0.2) is 0 Å². The molecule has 2 rings (SSSR count). The zero-order chi connectivity index (χ0) is 13.3. The maximum absolute atomic E-state index is 12.5. The number of carbonyl (C=O) groups excluding carboxylic acids is 1. The zero-order valence-corrected chi connectivity index (χ0v) is 10.3. The summed E-state index contributed by atoms with van der Waals surface area (Å²) >= 11 is 5.72. The quantitative estimate of drug-likeness (QED) is 0.797. The molecule has 0 aromatic heterocycles. The van der Waals surface area contributed by atoms with Gasteiger partial charge in [0.1, 0.15) is 11.7 Å². The normalized spacial score (nSPS) is 24.6. The maximum atomic E-state index is 12.5. The third-order valence-electron chi connectivity index (χ3n) is 3.34. The molecule has 0 aliphatic heterocycles. The van der Waals surface area contributed by atoms with Crippen LogP contribution < -0.4 is 0 Å². The van der Waals surface area contributed by atoms with E-state index in [0.717, 1.165) is 5.56 Å². The molecule has 5 heteroatoms. The van der Waals surface area contributed by atoms with Crippen molar-refractivity contribution in [2.24, 2.45) is 11.8 Å². The van der Waals surface area contributed by atoms with Gasteiger partial charge in [0, 0.05) is 10.9 Å². The molecule has 1 nitrogen and oxygen atoms in total. The lowest BCUT2D eigenvalue weighted by Gasteiger charge is -2.14. The fourth-order valence-electron chi connectivity index (χ4n) is 2.37. The van der Waals surface area contributed by atoms with Crippen LogP contribution in [0.2, 0.25) is 5.02 Å². The fourth-order valence-corrected chi connectivity index (χ4v) is 2.50. The molecule has 2 atom stereocenters. The van der Waals surface area contributed by atoms with Crippen LogP contribution in [-0.2, 0) is 11.2 Å². The molecule has 98 valence electrons. The van der Waals surface area contributed by atoms with Crippen molar-refractivity contribution in [2.45, 2.75) is 25.4 Å². The van der Waals surface area contributed by atoms with Gasteiger partial charge in [0.25, 0.3) is 0 Å². The molecule has 2 unspecified atom stereocenters. The molecule has 0 bridgehead atoms. The van der Waals surface area contributed by atoms with Crippen molar-refractivity contribution in [3.05, 3.63) is 34.9 Å². The number of carbonyl (C=O) groups is 1. The molecule has 0 saturated heterocycles. The predicted octanol–water partition coefficient (Wildman–Crippen LogP) is 4.04. The second-order valence-electron chi connectivity index (χ2n) is 4.60. The van der Waals surface area contributed by atoms with E-state index in [-0.39, 0.29) is 6.42 Å². The van der Waals surface area contributed by atoms with E-state index < -0.39 is 23.8 Å². The van der Waals surface area contributed by atoms with Gasteiger partial charge in [0.05, 0.1) is 0 Å². The van der Waals surface area contributed by atoms with E-state index in [1.807, 2.05) is 0 Å². The van der Waals surface area contributed by atoms with Crippen LogP contribution >= 0.6 is 11.6 Å². The van der Waals surface area contributed by atoms with Gasteiger partial charge < -0.3 is 0 Å². The van der Waals surface area contributed by atoms with Crippen molar-refractivity contribution in [3.8, 4) is 0 Å². The Morgan fingerprint density at radius 3 is 2.28 bits per heavy atom. The van der Waals surface area contributed by atoms with E-state index in [9.17, 15) is 18.0 Å². The second-order valence-corrected chi connectivity index (χ2v) is 5.04. The highest BCUT2D eigenvalue weighted by atomic mass is 35.5. The Morgan fingerprint density at radius 2 is 1.78 bits per heavy atom. The van der Waals surface area contributed by atoms with E-state index in [2.05, 4.69) is 0 Å². The number of hydrogen-bond donors (Lipinski definition) is 0. The summed E-state index contributed by atoms with van der Waals surface area (Å²) in [5, 5.41) is 0.574.